The fourth-order valence-corrected chi connectivity index (χ4v) is 0. The van der Waals surface area contributed by atoms with Crippen molar-refractivity contribution < 1.29 is 0 Å². The first-order valence-corrected chi connectivity index (χ1v) is 7.74. The molecule has 0 N–H and O–H groups in total. The van der Waals surface area contributed by atoms with E-state index in [4.69, 9.17) is 0 Å². The lowest BCUT2D eigenvalue weighted by Crippen LogP contribution is -1.47. The zero-order valence-corrected chi connectivity index (χ0v) is 14.8. The fraction of sp³-hybridized carbons (Fsp3) is 1.00. The second kappa shape index (κ2) is 184. The van der Waals surface area contributed by atoms with Crippen molar-refractivity contribution in [1.29, 1.82) is 0 Å². The molecule has 0 unspecified atom stereocenters. The smallest absolute Gasteiger partial charge is 0.0564 e. The molecule has 16 heavy (non-hydrogen) atoms. The van der Waals surface area contributed by atoms with Gasteiger partial charge in [-0.25, -0.2) is 0 Å². The van der Waals surface area contributed by atoms with Crippen LogP contribution in [-0.4, -0.2) is 0 Å². The maximum Gasteiger partial charge on any atom is -0.0564 e. The minimum Gasteiger partial charge on any atom is -0.0683 e. The normalized spacial score (nSPS) is 5.25. The third-order valence-corrected chi connectivity index (χ3v) is 0.500. The number of hydrogen-bond acceptors (Lipinski definition) is 0. The molecule has 0 aromatic heterocycles. The van der Waals surface area contributed by atoms with Gasteiger partial charge in [-0.15, -0.1) is 0 Å². The lowest BCUT2D eigenvalue weighted by molar-refractivity contribution is 0.886. The van der Waals surface area contributed by atoms with Crippen LogP contribution in [0.2, 0.25) is 0 Å². The van der Waals surface area contributed by atoms with Gasteiger partial charge in [-0.2, -0.15) is 0 Å². The molecule has 0 aromatic carbocycles. The van der Waals surface area contributed by atoms with Crippen LogP contribution in [0.4, 0.5) is 0 Å². The summed E-state index contributed by atoms with van der Waals surface area (Å²) in [5.41, 5.74) is 0. The first-order valence-electron chi connectivity index (χ1n) is 7.74. The third-order valence-electron chi connectivity index (χ3n) is 0.500. The molecular formula is C16H44. The van der Waals surface area contributed by atoms with E-state index in [1.165, 1.54) is 25.7 Å². The van der Waals surface area contributed by atoms with Crippen LogP contribution in [0.1, 0.15) is 109 Å². The Bertz CT molecular complexity index is 12.0. The van der Waals surface area contributed by atoms with Gasteiger partial charge in [0.15, 0.2) is 0 Å². The Morgan fingerprint density at radius 1 is 0.375 bits per heavy atom. The van der Waals surface area contributed by atoms with Crippen LogP contribution >= 0.6 is 0 Å². The summed E-state index contributed by atoms with van der Waals surface area (Å²) < 4.78 is 0. The molecule has 0 aliphatic carbocycles. The lowest BCUT2D eigenvalue weighted by atomic mass is 10.4. The summed E-state index contributed by atoms with van der Waals surface area (Å²) in [4.78, 5) is 0. The molecule has 0 aliphatic heterocycles. The minimum atomic E-state index is 1.25. The van der Waals surface area contributed by atoms with Crippen LogP contribution < -0.4 is 0 Å². The van der Waals surface area contributed by atoms with Gasteiger partial charge in [0.25, 0.3) is 0 Å². The summed E-state index contributed by atoms with van der Waals surface area (Å²) in [6.45, 7) is 24.9. The van der Waals surface area contributed by atoms with E-state index in [-0.39, 0.29) is 0 Å². The van der Waals surface area contributed by atoms with Crippen molar-refractivity contribution in [3.63, 3.8) is 0 Å². The Hall–Kier alpha value is 0. The first-order chi connectivity index (χ1) is 7.74. The van der Waals surface area contributed by atoms with E-state index in [0.29, 0.717) is 0 Å². The molecule has 0 saturated heterocycles. The number of unbranched alkanes of at least 4 members (excludes halogenated alkanes) is 1. The Balaban J connectivity index is -0.0000000193. The molecule has 0 nitrogen and oxygen atoms in total. The number of hydrogen-bond donors (Lipinski definition) is 0. The molecule has 0 spiro atoms. The minimum absolute atomic E-state index is 1.25. The van der Waals surface area contributed by atoms with E-state index < -0.39 is 0 Å². The Kier molecular flexibility index (Phi) is 413. The quantitative estimate of drug-likeness (QED) is 0.437. The van der Waals surface area contributed by atoms with Crippen molar-refractivity contribution in [1.82, 2.24) is 0 Å². The maximum atomic E-state index is 2.18. The van der Waals surface area contributed by atoms with E-state index >= 15 is 0 Å². The first kappa shape index (κ1) is 36.0. The van der Waals surface area contributed by atoms with Gasteiger partial charge in [0, 0.05) is 0 Å². The van der Waals surface area contributed by atoms with Crippen LogP contribution in [0.5, 0.6) is 0 Å². The topological polar surface area (TPSA) is 0 Å². The van der Waals surface area contributed by atoms with Gasteiger partial charge in [0.05, 0.1) is 0 Å². The highest BCUT2D eigenvalue weighted by Crippen LogP contribution is 1.76. The Labute approximate surface area is 109 Å². The third kappa shape index (κ3) is 2370. The van der Waals surface area contributed by atoms with Gasteiger partial charge in [0.1, 0.15) is 0 Å². The van der Waals surface area contributed by atoms with Crippen molar-refractivity contribution in [2.75, 3.05) is 0 Å². The molecule has 0 rings (SSSR count). The monoisotopic (exact) mass is 236 g/mol. The van der Waals surface area contributed by atoms with Gasteiger partial charge in [-0.1, -0.05) is 109 Å². The van der Waals surface area contributed by atoms with E-state index in [1.54, 1.807) is 0 Å². The molecule has 0 saturated carbocycles. The largest absolute Gasteiger partial charge is 0.0683 e. The van der Waals surface area contributed by atoms with Gasteiger partial charge in [-0.05, 0) is 0 Å². The van der Waals surface area contributed by atoms with Crippen molar-refractivity contribution in [3.05, 3.63) is 0 Å². The van der Waals surface area contributed by atoms with Crippen molar-refractivity contribution >= 4 is 0 Å². The van der Waals surface area contributed by atoms with Gasteiger partial charge in [-0.3, -0.25) is 0 Å². The number of rotatable bonds is 1. The average Bonchev–Trinajstić information content (AvgIpc) is 2.38. The fourth-order valence-electron chi connectivity index (χ4n) is 0. The van der Waals surface area contributed by atoms with E-state index in [2.05, 4.69) is 41.5 Å². The van der Waals surface area contributed by atoms with Crippen molar-refractivity contribution in [2.24, 2.45) is 0 Å². The van der Waals surface area contributed by atoms with E-state index in [1.807, 2.05) is 41.5 Å². The molecule has 0 heteroatoms. The average molecular weight is 237 g/mol. The van der Waals surface area contributed by atoms with Gasteiger partial charge in [0.2, 0.25) is 0 Å². The highest BCUT2D eigenvalue weighted by molar-refractivity contribution is 4.12. The van der Waals surface area contributed by atoms with Gasteiger partial charge >= 0.3 is 0 Å². The predicted molar refractivity (Wildman–Crippen MR) is 86.6 cm³/mol. The second-order valence-electron chi connectivity index (χ2n) is 2.41. The van der Waals surface area contributed by atoms with E-state index in [9.17, 15) is 0 Å². The van der Waals surface area contributed by atoms with Crippen molar-refractivity contribution in [3.8, 4) is 0 Å². The summed E-state index contributed by atoms with van der Waals surface area (Å²) in [6, 6.07) is 0. The van der Waals surface area contributed by atoms with Crippen molar-refractivity contribution in [2.45, 2.75) is 109 Å². The highest BCUT2D eigenvalue weighted by atomic mass is 13.6. The molecule has 0 bridgehead atoms. The maximum absolute atomic E-state index is 2.18. The summed E-state index contributed by atoms with van der Waals surface area (Å²) in [5, 5.41) is 0. The Morgan fingerprint density at radius 2 is 0.438 bits per heavy atom. The molecule has 108 valence electrons. The van der Waals surface area contributed by atoms with Crippen LogP contribution in [-0.2, 0) is 0 Å². The molecule has 0 radical (unpaired) electrons. The van der Waals surface area contributed by atoms with Crippen LogP contribution in [0, 0.1) is 0 Å². The zero-order chi connectivity index (χ0) is 14.8. The molecule has 0 aliphatic rings. The van der Waals surface area contributed by atoms with Crippen LogP contribution in [0.25, 0.3) is 0 Å². The van der Waals surface area contributed by atoms with Gasteiger partial charge < -0.3 is 0 Å². The molecule has 0 heterocycles. The summed E-state index contributed by atoms with van der Waals surface area (Å²) in [5.74, 6) is 0. The summed E-state index contributed by atoms with van der Waals surface area (Å²) >= 11 is 0. The molecule has 0 amide bonds. The SMILES string of the molecule is CC.CC.CC.CCC.CCC.CCCC. The highest BCUT2D eigenvalue weighted by Gasteiger charge is 1.56. The summed E-state index contributed by atoms with van der Waals surface area (Å²) in [7, 11) is 0. The summed E-state index contributed by atoms with van der Waals surface area (Å²) in [6.07, 6.45) is 5.14. The van der Waals surface area contributed by atoms with Crippen LogP contribution in [0.3, 0.4) is 0 Å². The molecule has 0 atom stereocenters. The van der Waals surface area contributed by atoms with E-state index in [0.717, 1.165) is 0 Å². The second-order valence-corrected chi connectivity index (χ2v) is 2.41. The molecular weight excluding hydrogens is 192 g/mol. The standard InChI is InChI=1S/C4H10.2C3H8.3C2H6/c1-3-4-2;2*1-3-2;3*1-2/h3-4H2,1-2H3;2*3H2,1-2H3;3*1-2H3. The predicted octanol–water partition coefficient (Wildman–Crippen LogP) is 7.72. The molecule has 0 fully saturated rings. The zero-order valence-electron chi connectivity index (χ0n) is 14.8. The Morgan fingerprint density at radius 3 is 0.438 bits per heavy atom. The lowest BCUT2D eigenvalue weighted by Gasteiger charge is -1.68. The van der Waals surface area contributed by atoms with Crippen LogP contribution in [0.15, 0.2) is 0 Å². The molecule has 0 aromatic rings.